The van der Waals surface area contributed by atoms with Crippen LogP contribution in [-0.4, -0.2) is 20.1 Å². The van der Waals surface area contributed by atoms with Gasteiger partial charge in [-0.05, 0) is 89.4 Å². The number of anilines is 2. The Morgan fingerprint density at radius 3 is 1.98 bits per heavy atom. The number of hydrogen-bond donors (Lipinski definition) is 0. The zero-order valence-corrected chi connectivity index (χ0v) is 33.9. The number of para-hydroxylation sites is 5. The van der Waals surface area contributed by atoms with Gasteiger partial charge in [0.25, 0.3) is 0 Å². The zero-order valence-electron chi connectivity index (χ0n) is 33.9. The molecule has 2 aliphatic rings. The van der Waals surface area contributed by atoms with Gasteiger partial charge in [-0.2, -0.15) is 0 Å². The summed E-state index contributed by atoms with van der Waals surface area (Å²) in [6, 6.07) is 71.3. The first-order valence-electron chi connectivity index (χ1n) is 21.3. The summed E-state index contributed by atoms with van der Waals surface area (Å²) in [4.78, 5) is 13.5. The molecule has 0 bridgehead atoms. The molecule has 0 spiro atoms. The van der Waals surface area contributed by atoms with Crippen LogP contribution in [0.1, 0.15) is 35.3 Å². The van der Waals surface area contributed by atoms with E-state index in [1.54, 1.807) is 0 Å². The third kappa shape index (κ3) is 4.96. The SMILES string of the molecule is CC12C(c3ccc4c(c3)c3ccccc3n4-c3ccccc3)=Cc3c(oc4ccccc34)C1c1ccccc1N2c1nc(-c2ccc(-c3ccccc3)cc2)c2ccccc2n1. The maximum absolute atomic E-state index is 6.97. The Bertz CT molecular complexity index is 3600. The van der Waals surface area contributed by atoms with Crippen LogP contribution in [0.5, 0.6) is 0 Å². The highest BCUT2D eigenvalue weighted by Crippen LogP contribution is 2.62. The van der Waals surface area contributed by atoms with Crippen LogP contribution in [0.4, 0.5) is 11.6 Å². The molecule has 292 valence electrons. The molecule has 0 fully saturated rings. The van der Waals surface area contributed by atoms with Crippen LogP contribution in [-0.2, 0) is 0 Å². The molecule has 0 saturated carbocycles. The predicted octanol–water partition coefficient (Wildman–Crippen LogP) is 14.4. The Kier molecular flexibility index (Phi) is 7.43. The lowest BCUT2D eigenvalue weighted by molar-refractivity contribution is 0.446. The minimum Gasteiger partial charge on any atom is -0.460 e. The summed E-state index contributed by atoms with van der Waals surface area (Å²) in [5.74, 6) is 1.45. The van der Waals surface area contributed by atoms with Gasteiger partial charge in [-0.3, -0.25) is 4.90 Å². The first-order valence-corrected chi connectivity index (χ1v) is 21.3. The molecule has 1 aliphatic heterocycles. The number of benzene rings is 8. The Labute approximate surface area is 358 Å². The highest BCUT2D eigenvalue weighted by molar-refractivity contribution is 6.12. The van der Waals surface area contributed by atoms with Gasteiger partial charge in [-0.25, -0.2) is 9.97 Å². The van der Waals surface area contributed by atoms with Crippen LogP contribution < -0.4 is 4.90 Å². The van der Waals surface area contributed by atoms with Crippen LogP contribution in [0, 0.1) is 0 Å². The summed E-state index contributed by atoms with van der Waals surface area (Å²) < 4.78 is 9.35. The van der Waals surface area contributed by atoms with Gasteiger partial charge < -0.3 is 8.98 Å². The topological polar surface area (TPSA) is 47.1 Å². The van der Waals surface area contributed by atoms with Crippen molar-refractivity contribution in [2.24, 2.45) is 0 Å². The van der Waals surface area contributed by atoms with Gasteiger partial charge in [0, 0.05) is 44.0 Å². The third-order valence-corrected chi connectivity index (χ3v) is 13.3. The smallest absolute Gasteiger partial charge is 0.231 e. The maximum Gasteiger partial charge on any atom is 0.231 e. The summed E-state index contributed by atoms with van der Waals surface area (Å²) in [5, 5.41) is 4.55. The summed E-state index contributed by atoms with van der Waals surface area (Å²) >= 11 is 0. The molecule has 13 rings (SSSR count). The molecule has 3 aromatic heterocycles. The minimum atomic E-state index is -0.701. The first kappa shape index (κ1) is 34.8. The summed E-state index contributed by atoms with van der Waals surface area (Å²) in [5.41, 5.74) is 14.6. The average molecular weight is 795 g/mol. The molecule has 4 heterocycles. The fourth-order valence-corrected chi connectivity index (χ4v) is 10.6. The van der Waals surface area contributed by atoms with Gasteiger partial charge >= 0.3 is 0 Å². The Balaban J connectivity index is 1.06. The minimum absolute atomic E-state index is 0.161. The van der Waals surface area contributed by atoms with Gasteiger partial charge in [0.2, 0.25) is 5.95 Å². The van der Waals surface area contributed by atoms with Crippen molar-refractivity contribution in [3.63, 3.8) is 0 Å². The highest BCUT2D eigenvalue weighted by atomic mass is 16.3. The molecule has 11 aromatic rings. The standard InChI is InChI=1S/C57H38N4O/c1-57-47(39-32-33-50-45(34-39)41-20-9-13-25-49(41)60(50)40-18-6-3-7-19-40)35-46-42-21-11-15-27-52(42)62-55(46)53(57)44-23-10-14-26-51(44)61(57)56-58-48-24-12-8-22-43(48)54(59-56)38-30-28-37(29-31-38)36-16-4-2-5-17-36/h2-35,53H,1H3. The van der Waals surface area contributed by atoms with Crippen LogP contribution in [0.2, 0.25) is 0 Å². The van der Waals surface area contributed by atoms with Gasteiger partial charge in [-0.15, -0.1) is 0 Å². The van der Waals surface area contributed by atoms with E-state index >= 15 is 0 Å². The number of fused-ring (bicyclic) bond motifs is 11. The van der Waals surface area contributed by atoms with Crippen molar-refractivity contribution in [3.05, 3.63) is 223 Å². The fraction of sp³-hybridized carbons (Fsp3) is 0.0526. The van der Waals surface area contributed by atoms with E-state index in [9.17, 15) is 0 Å². The molecule has 1 aliphatic carbocycles. The number of nitrogens with zero attached hydrogens (tertiary/aromatic N) is 4. The number of aromatic nitrogens is 3. The van der Waals surface area contributed by atoms with Gasteiger partial charge in [-0.1, -0.05) is 152 Å². The maximum atomic E-state index is 6.97. The van der Waals surface area contributed by atoms with E-state index in [0.29, 0.717) is 5.95 Å². The summed E-state index contributed by atoms with van der Waals surface area (Å²) in [6.07, 6.45) is 2.39. The Morgan fingerprint density at radius 2 is 1.15 bits per heavy atom. The number of furan rings is 1. The van der Waals surface area contributed by atoms with Gasteiger partial charge in [0.1, 0.15) is 11.3 Å². The quantitative estimate of drug-likeness (QED) is 0.174. The van der Waals surface area contributed by atoms with Crippen molar-refractivity contribution >= 4 is 67.0 Å². The predicted molar refractivity (Wildman–Crippen MR) is 254 cm³/mol. The van der Waals surface area contributed by atoms with Crippen molar-refractivity contribution in [3.8, 4) is 28.1 Å². The van der Waals surface area contributed by atoms with Crippen molar-refractivity contribution in [1.82, 2.24) is 14.5 Å². The lowest BCUT2D eigenvalue weighted by Gasteiger charge is -2.43. The van der Waals surface area contributed by atoms with E-state index in [1.807, 2.05) is 0 Å². The largest absolute Gasteiger partial charge is 0.460 e. The monoisotopic (exact) mass is 794 g/mol. The number of hydrogen-bond acceptors (Lipinski definition) is 4. The molecule has 62 heavy (non-hydrogen) atoms. The van der Waals surface area contributed by atoms with Crippen LogP contribution in [0.25, 0.3) is 83.4 Å². The molecule has 0 radical (unpaired) electrons. The van der Waals surface area contributed by atoms with Crippen molar-refractivity contribution in [1.29, 1.82) is 0 Å². The lowest BCUT2D eigenvalue weighted by atomic mass is 9.69. The second kappa shape index (κ2) is 13.2. The average Bonchev–Trinajstić information content (AvgIpc) is 3.96. The van der Waals surface area contributed by atoms with E-state index in [4.69, 9.17) is 14.4 Å². The van der Waals surface area contributed by atoms with E-state index in [-0.39, 0.29) is 5.92 Å². The van der Waals surface area contributed by atoms with E-state index in [1.165, 1.54) is 44.1 Å². The van der Waals surface area contributed by atoms with E-state index in [0.717, 1.165) is 61.4 Å². The van der Waals surface area contributed by atoms with E-state index in [2.05, 4.69) is 223 Å². The lowest BCUT2D eigenvalue weighted by Crippen LogP contribution is -2.47. The number of rotatable bonds is 5. The Hall–Kier alpha value is -8.02. The molecule has 0 amide bonds. The van der Waals surface area contributed by atoms with Crippen molar-refractivity contribution in [2.45, 2.75) is 18.4 Å². The van der Waals surface area contributed by atoms with Crippen molar-refractivity contribution in [2.75, 3.05) is 4.90 Å². The summed E-state index contributed by atoms with van der Waals surface area (Å²) in [6.45, 7) is 2.37. The molecule has 5 heteroatoms. The van der Waals surface area contributed by atoms with Crippen LogP contribution in [0.15, 0.2) is 205 Å². The molecule has 2 atom stereocenters. The Morgan fingerprint density at radius 1 is 0.516 bits per heavy atom. The molecule has 0 N–H and O–H groups in total. The van der Waals surface area contributed by atoms with Gasteiger partial charge in [0.05, 0.1) is 33.7 Å². The van der Waals surface area contributed by atoms with Gasteiger partial charge in [0.15, 0.2) is 0 Å². The molecule has 0 saturated heterocycles. The van der Waals surface area contributed by atoms with Crippen molar-refractivity contribution < 1.29 is 4.42 Å². The highest BCUT2D eigenvalue weighted by Gasteiger charge is 2.57. The zero-order chi connectivity index (χ0) is 40.9. The molecule has 2 unspecified atom stereocenters. The second-order valence-electron chi connectivity index (χ2n) is 16.7. The fourth-order valence-electron chi connectivity index (χ4n) is 10.6. The van der Waals surface area contributed by atoms with E-state index < -0.39 is 5.54 Å². The first-order chi connectivity index (χ1) is 30.6. The summed E-state index contributed by atoms with van der Waals surface area (Å²) in [7, 11) is 0. The normalized spacial score (nSPS) is 16.8. The molecule has 8 aromatic carbocycles. The molecular formula is C57H38N4O. The molecule has 5 nitrogen and oxygen atoms in total. The van der Waals surface area contributed by atoms with Crippen LogP contribution in [0.3, 0.4) is 0 Å². The third-order valence-electron chi connectivity index (χ3n) is 13.3. The van der Waals surface area contributed by atoms with Crippen LogP contribution >= 0.6 is 0 Å². The molecular weight excluding hydrogens is 757 g/mol. The second-order valence-corrected chi connectivity index (χ2v) is 16.7.